The van der Waals surface area contributed by atoms with Crippen LogP contribution in [0.1, 0.15) is 57.4 Å². The van der Waals surface area contributed by atoms with Crippen molar-refractivity contribution in [2.75, 3.05) is 152 Å². The van der Waals surface area contributed by atoms with Gasteiger partial charge in [-0.15, -0.1) is 6.58 Å². The van der Waals surface area contributed by atoms with E-state index in [2.05, 4.69) is 29.8 Å². The van der Waals surface area contributed by atoms with Crippen LogP contribution < -0.4 is 4.74 Å². The van der Waals surface area contributed by atoms with Gasteiger partial charge in [0.2, 0.25) is 10.4 Å². The van der Waals surface area contributed by atoms with Crippen LogP contribution in [0.25, 0.3) is 0 Å². The predicted octanol–water partition coefficient (Wildman–Crippen LogP) is 4.57. The summed E-state index contributed by atoms with van der Waals surface area (Å²) in [4.78, 5) is 0. The van der Waals surface area contributed by atoms with E-state index in [0.29, 0.717) is 132 Å². The zero-order valence-electron chi connectivity index (χ0n) is 35.0. The molecule has 1 unspecified atom stereocenters. The smallest absolute Gasteiger partial charge is 0.217 e. The van der Waals surface area contributed by atoms with Crippen molar-refractivity contribution in [3.05, 3.63) is 42.5 Å². The van der Waals surface area contributed by atoms with Crippen LogP contribution in [0.4, 0.5) is 0 Å². The first kappa shape index (κ1) is 54.2. The first-order chi connectivity index (χ1) is 28.4. The summed E-state index contributed by atoms with van der Waals surface area (Å²) in [6.45, 7) is 14.6. The predicted molar refractivity (Wildman–Crippen MR) is 217 cm³/mol. The second-order valence-corrected chi connectivity index (χ2v) is 13.9. The Labute approximate surface area is 348 Å². The minimum absolute atomic E-state index is 0.0124. The molecule has 16 nitrogen and oxygen atoms in total. The van der Waals surface area contributed by atoms with Gasteiger partial charge >= 0.3 is 0 Å². The Morgan fingerprint density at radius 3 is 1.34 bits per heavy atom. The first-order valence-corrected chi connectivity index (χ1v) is 22.1. The van der Waals surface area contributed by atoms with E-state index in [1.165, 1.54) is 50.5 Å². The summed E-state index contributed by atoms with van der Waals surface area (Å²) in [6, 6.07) is 8.37. The van der Waals surface area contributed by atoms with E-state index in [1.54, 1.807) is 6.08 Å². The Kier molecular flexibility index (Phi) is 39.2. The van der Waals surface area contributed by atoms with Crippen LogP contribution in [0, 0.1) is 0 Å². The molecular weight excluding hydrogens is 781 g/mol. The van der Waals surface area contributed by atoms with Crippen molar-refractivity contribution in [1.29, 1.82) is 0 Å². The van der Waals surface area contributed by atoms with Crippen molar-refractivity contribution < 1.29 is 74.0 Å². The van der Waals surface area contributed by atoms with Gasteiger partial charge in [0, 0.05) is 0 Å². The molecule has 0 saturated heterocycles. The van der Waals surface area contributed by atoms with Gasteiger partial charge in [-0.1, -0.05) is 63.7 Å². The van der Waals surface area contributed by atoms with Gasteiger partial charge in [0.05, 0.1) is 145 Å². The summed E-state index contributed by atoms with van der Waals surface area (Å²) < 4.78 is 101. The molecule has 0 radical (unpaired) electrons. The molecule has 0 amide bonds. The maximum absolute atomic E-state index is 10.3. The van der Waals surface area contributed by atoms with E-state index in [4.69, 9.17) is 56.8 Å². The minimum Gasteiger partial charge on any atom is -0.726 e. The van der Waals surface area contributed by atoms with Crippen LogP contribution in [0.15, 0.2) is 36.9 Å². The SMILES string of the molecule is C=CCOCC(COc1ccc(CCCCCCCCC)cc1)OCCOCCOCCOCCOCCOCCOCCOCCOCCOCCOS(=O)(=O)[O-]. The molecule has 58 heavy (non-hydrogen) atoms. The van der Waals surface area contributed by atoms with Gasteiger partial charge in [-0.25, -0.2) is 8.42 Å². The second kappa shape index (κ2) is 41.9. The highest BCUT2D eigenvalue weighted by Crippen LogP contribution is 2.16. The molecule has 1 aromatic carbocycles. The van der Waals surface area contributed by atoms with Crippen LogP contribution in [-0.2, 0) is 73.1 Å². The van der Waals surface area contributed by atoms with E-state index >= 15 is 0 Å². The first-order valence-electron chi connectivity index (χ1n) is 20.8. The number of aryl methyl sites for hydroxylation is 1. The lowest BCUT2D eigenvalue weighted by Gasteiger charge is -2.19. The van der Waals surface area contributed by atoms with Crippen molar-refractivity contribution in [3.63, 3.8) is 0 Å². The van der Waals surface area contributed by atoms with E-state index in [0.717, 1.165) is 12.2 Å². The maximum atomic E-state index is 10.3. The molecule has 0 saturated carbocycles. The molecule has 0 fully saturated rings. The number of benzene rings is 1. The van der Waals surface area contributed by atoms with Gasteiger partial charge < -0.3 is 61.4 Å². The number of rotatable bonds is 47. The summed E-state index contributed by atoms with van der Waals surface area (Å²) in [5.41, 5.74) is 1.34. The Bertz CT molecular complexity index is 1110. The molecule has 0 aliphatic heterocycles. The average molecular weight is 854 g/mol. The fraction of sp³-hybridized carbons (Fsp3) is 0.805. The standard InChI is InChI=1S/C41H74O16S/c1-3-5-6-7-8-9-10-11-39-12-14-40(15-13-39)56-38-41(37-54-16-4-2)55-35-33-52-31-29-50-27-25-48-23-21-46-19-17-45-18-20-47-22-24-49-26-28-51-30-32-53-34-36-57-58(42,43)44/h4,12-15,41H,2-3,5-11,16-38H2,1H3,(H,42,43,44)/p-1. The van der Waals surface area contributed by atoms with Gasteiger partial charge in [-0.3, -0.25) is 4.18 Å². The van der Waals surface area contributed by atoms with Crippen LogP contribution in [0.5, 0.6) is 5.75 Å². The van der Waals surface area contributed by atoms with E-state index < -0.39 is 10.4 Å². The normalized spacial score (nSPS) is 12.3. The third-order valence-corrected chi connectivity index (χ3v) is 8.44. The van der Waals surface area contributed by atoms with Crippen LogP contribution >= 0.6 is 0 Å². The minimum atomic E-state index is -4.68. The van der Waals surface area contributed by atoms with Crippen LogP contribution in [-0.4, -0.2) is 171 Å². The zero-order valence-corrected chi connectivity index (χ0v) is 35.8. The molecule has 1 atom stereocenters. The molecular formula is C41H73O16S-. The summed E-state index contributed by atoms with van der Waals surface area (Å²) in [5, 5.41) is 0. The molecule has 340 valence electrons. The van der Waals surface area contributed by atoms with Crippen molar-refractivity contribution in [2.24, 2.45) is 0 Å². The molecule has 1 aromatic rings. The molecule has 0 N–H and O–H groups in total. The summed E-state index contributed by atoms with van der Waals surface area (Å²) in [7, 11) is -4.68. The number of hydrogen-bond acceptors (Lipinski definition) is 16. The van der Waals surface area contributed by atoms with Crippen LogP contribution in [0.2, 0.25) is 0 Å². The fourth-order valence-electron chi connectivity index (χ4n) is 4.98. The molecule has 0 aliphatic rings. The molecule has 1 rings (SSSR count). The van der Waals surface area contributed by atoms with Gasteiger partial charge in [0.25, 0.3) is 0 Å². The average Bonchev–Trinajstić information content (AvgIpc) is 3.21. The molecule has 0 aromatic heterocycles. The quantitative estimate of drug-likeness (QED) is 0.0385. The fourth-order valence-corrected chi connectivity index (χ4v) is 5.26. The molecule has 0 bridgehead atoms. The Morgan fingerprint density at radius 1 is 0.534 bits per heavy atom. The van der Waals surface area contributed by atoms with Crippen molar-refractivity contribution in [2.45, 2.75) is 64.4 Å². The van der Waals surface area contributed by atoms with E-state index in [9.17, 15) is 13.0 Å². The molecule has 0 spiro atoms. The monoisotopic (exact) mass is 853 g/mol. The van der Waals surface area contributed by atoms with Gasteiger partial charge in [0.1, 0.15) is 18.5 Å². The maximum Gasteiger partial charge on any atom is 0.217 e. The summed E-state index contributed by atoms with van der Waals surface area (Å²) >= 11 is 0. The molecule has 17 heteroatoms. The largest absolute Gasteiger partial charge is 0.726 e. The highest BCUT2D eigenvalue weighted by atomic mass is 32.3. The molecule has 0 aliphatic carbocycles. The lowest BCUT2D eigenvalue weighted by atomic mass is 10.0. The third kappa shape index (κ3) is 39.6. The van der Waals surface area contributed by atoms with Crippen molar-refractivity contribution in [3.8, 4) is 5.75 Å². The summed E-state index contributed by atoms with van der Waals surface area (Å²) in [5.74, 6) is 0.824. The topological polar surface area (TPSA) is 177 Å². The summed E-state index contributed by atoms with van der Waals surface area (Å²) in [6.07, 6.45) is 11.8. The second-order valence-electron chi connectivity index (χ2n) is 12.9. The highest BCUT2D eigenvalue weighted by molar-refractivity contribution is 7.80. The highest BCUT2D eigenvalue weighted by Gasteiger charge is 2.11. The Hall–Kier alpha value is -1.81. The van der Waals surface area contributed by atoms with Crippen LogP contribution in [0.3, 0.4) is 0 Å². The molecule has 0 heterocycles. The third-order valence-electron chi connectivity index (χ3n) is 7.98. The van der Waals surface area contributed by atoms with Crippen molar-refractivity contribution in [1.82, 2.24) is 0 Å². The number of unbranched alkanes of at least 4 members (excludes halogenated alkanes) is 6. The number of ether oxygens (including phenoxy) is 12. The van der Waals surface area contributed by atoms with Gasteiger partial charge in [-0.2, -0.15) is 0 Å². The Morgan fingerprint density at radius 2 is 0.931 bits per heavy atom. The van der Waals surface area contributed by atoms with Crippen molar-refractivity contribution >= 4 is 10.4 Å². The Balaban J connectivity index is 1.86. The lowest BCUT2D eigenvalue weighted by molar-refractivity contribution is -0.0571. The van der Waals surface area contributed by atoms with Gasteiger partial charge in [-0.05, 0) is 30.5 Å². The van der Waals surface area contributed by atoms with Gasteiger partial charge in [0.15, 0.2) is 0 Å². The number of hydrogen-bond donors (Lipinski definition) is 0. The zero-order chi connectivity index (χ0) is 41.9. The van der Waals surface area contributed by atoms with E-state index in [-0.39, 0.29) is 25.9 Å². The van der Waals surface area contributed by atoms with E-state index in [1.807, 2.05) is 12.1 Å². The lowest BCUT2D eigenvalue weighted by Crippen LogP contribution is -2.29.